The number of amides is 1. The highest BCUT2D eigenvalue weighted by Crippen LogP contribution is 2.24. The third-order valence-corrected chi connectivity index (χ3v) is 5.76. The Balaban J connectivity index is 1.41. The highest BCUT2D eigenvalue weighted by Gasteiger charge is 2.24. The second kappa shape index (κ2) is 10.0. The maximum absolute atomic E-state index is 12.6. The van der Waals surface area contributed by atoms with Gasteiger partial charge in [-0.05, 0) is 41.8 Å². The first kappa shape index (κ1) is 22.7. The van der Waals surface area contributed by atoms with Crippen molar-refractivity contribution in [2.24, 2.45) is 7.05 Å². The van der Waals surface area contributed by atoms with Crippen molar-refractivity contribution < 1.29 is 19.1 Å². The van der Waals surface area contributed by atoms with E-state index in [1.165, 1.54) is 4.57 Å². The molecule has 9 nitrogen and oxygen atoms in total. The van der Waals surface area contributed by atoms with Crippen molar-refractivity contribution >= 4 is 17.0 Å². The van der Waals surface area contributed by atoms with E-state index in [9.17, 15) is 20.0 Å². The van der Waals surface area contributed by atoms with E-state index in [2.05, 4.69) is 16.7 Å². The highest BCUT2D eigenvalue weighted by molar-refractivity contribution is 5.82. The lowest BCUT2D eigenvalue weighted by molar-refractivity contribution is -0.135. The second-order valence-electron chi connectivity index (χ2n) is 8.17. The number of fused-ring (bicyclic) bond motifs is 1. The molecule has 1 saturated heterocycles. The van der Waals surface area contributed by atoms with Crippen molar-refractivity contribution in [1.82, 2.24) is 15.2 Å². The summed E-state index contributed by atoms with van der Waals surface area (Å²) in [5, 5.41) is 25.1. The van der Waals surface area contributed by atoms with Gasteiger partial charge >= 0.3 is 5.76 Å². The number of aliphatic hydroxyl groups is 1. The molecule has 3 aromatic rings. The predicted molar refractivity (Wildman–Crippen MR) is 121 cm³/mol. The standard InChI is InChI=1S/C24H26N4O5/c1-28-20-11-17(6-7-21(20)33-24(28)31)16-4-2-15(3-5-16)10-18(12-25)27-23(30)22-13-26-9-8-19(29)14-32-22/h2-7,11,18-19,22,26,29H,8-10,13-14H2,1H3,(H,27,30). The average Bonchev–Trinajstić information content (AvgIpc) is 3.09. The lowest BCUT2D eigenvalue weighted by atomic mass is 10.0. The van der Waals surface area contributed by atoms with Crippen molar-refractivity contribution in [2.75, 3.05) is 19.7 Å². The van der Waals surface area contributed by atoms with Crippen LogP contribution in [0.1, 0.15) is 12.0 Å². The number of hydrogen-bond donors (Lipinski definition) is 3. The van der Waals surface area contributed by atoms with Crippen molar-refractivity contribution in [1.29, 1.82) is 5.26 Å². The van der Waals surface area contributed by atoms with Gasteiger partial charge in [0.2, 0.25) is 0 Å². The maximum Gasteiger partial charge on any atom is 0.419 e. The molecule has 3 N–H and O–H groups in total. The molecule has 3 atom stereocenters. The molecular weight excluding hydrogens is 424 g/mol. The quantitative estimate of drug-likeness (QED) is 0.531. The van der Waals surface area contributed by atoms with Gasteiger partial charge in [-0.25, -0.2) is 4.79 Å². The lowest BCUT2D eigenvalue weighted by Gasteiger charge is -2.24. The SMILES string of the molecule is Cn1c(=O)oc2ccc(-c3ccc(CC(C#N)NC(=O)C4CNCCC(O)CO4)cc3)cc21. The van der Waals surface area contributed by atoms with E-state index in [0.717, 1.165) is 16.7 Å². The Bertz CT molecular complexity index is 1220. The van der Waals surface area contributed by atoms with Crippen molar-refractivity contribution in [3.8, 4) is 17.2 Å². The van der Waals surface area contributed by atoms with Crippen LogP contribution in [0.4, 0.5) is 0 Å². The van der Waals surface area contributed by atoms with E-state index in [-0.39, 0.29) is 12.5 Å². The van der Waals surface area contributed by atoms with E-state index in [0.29, 0.717) is 37.0 Å². The summed E-state index contributed by atoms with van der Waals surface area (Å²) in [7, 11) is 1.66. The van der Waals surface area contributed by atoms with Gasteiger partial charge in [-0.15, -0.1) is 0 Å². The summed E-state index contributed by atoms with van der Waals surface area (Å²) in [5.74, 6) is -0.780. The van der Waals surface area contributed by atoms with Crippen LogP contribution in [0.3, 0.4) is 0 Å². The first-order chi connectivity index (χ1) is 15.9. The van der Waals surface area contributed by atoms with Gasteiger partial charge in [0.05, 0.1) is 24.3 Å². The number of rotatable bonds is 5. The number of nitriles is 1. The molecule has 0 bridgehead atoms. The third-order valence-electron chi connectivity index (χ3n) is 5.76. The average molecular weight is 450 g/mol. The minimum absolute atomic E-state index is 0.0945. The van der Waals surface area contributed by atoms with Gasteiger partial charge in [0.25, 0.3) is 5.91 Å². The summed E-state index contributed by atoms with van der Waals surface area (Å²) in [4.78, 5) is 24.3. The Kier molecular flexibility index (Phi) is 6.89. The smallest absolute Gasteiger partial charge is 0.408 e. The maximum atomic E-state index is 12.6. The molecule has 2 aromatic carbocycles. The fourth-order valence-electron chi connectivity index (χ4n) is 3.81. The van der Waals surface area contributed by atoms with Crippen molar-refractivity contribution in [3.63, 3.8) is 0 Å². The van der Waals surface area contributed by atoms with Crippen LogP contribution in [0.25, 0.3) is 22.2 Å². The predicted octanol–water partition coefficient (Wildman–Crippen LogP) is 1.09. The van der Waals surface area contributed by atoms with Gasteiger partial charge in [0.15, 0.2) is 5.58 Å². The summed E-state index contributed by atoms with van der Waals surface area (Å²) in [6.07, 6.45) is -0.454. The summed E-state index contributed by atoms with van der Waals surface area (Å²) in [6.45, 7) is 1.03. The number of nitrogens with one attached hydrogen (secondary N) is 2. The van der Waals surface area contributed by atoms with Crippen molar-refractivity contribution in [2.45, 2.75) is 31.1 Å². The molecule has 1 aliphatic heterocycles. The van der Waals surface area contributed by atoms with E-state index in [1.807, 2.05) is 36.4 Å². The molecule has 1 fully saturated rings. The third kappa shape index (κ3) is 5.31. The minimum Gasteiger partial charge on any atom is -0.408 e. The molecule has 1 aliphatic rings. The molecule has 2 heterocycles. The molecule has 0 aliphatic carbocycles. The van der Waals surface area contributed by atoms with Gasteiger partial charge in [-0.2, -0.15) is 5.26 Å². The molecule has 33 heavy (non-hydrogen) atoms. The van der Waals surface area contributed by atoms with Crippen LogP contribution in [0, 0.1) is 11.3 Å². The number of aromatic nitrogens is 1. The van der Waals surface area contributed by atoms with Gasteiger partial charge in [0, 0.05) is 20.0 Å². The molecule has 9 heteroatoms. The fourth-order valence-corrected chi connectivity index (χ4v) is 3.81. The molecule has 172 valence electrons. The van der Waals surface area contributed by atoms with Crippen LogP contribution >= 0.6 is 0 Å². The van der Waals surface area contributed by atoms with Crippen LogP contribution in [0.15, 0.2) is 51.7 Å². The second-order valence-corrected chi connectivity index (χ2v) is 8.17. The molecule has 1 amide bonds. The van der Waals surface area contributed by atoms with Crippen LogP contribution in [0.2, 0.25) is 0 Å². The number of oxazole rings is 1. The van der Waals surface area contributed by atoms with Crippen LogP contribution in [0.5, 0.6) is 0 Å². The Morgan fingerprint density at radius 1 is 1.30 bits per heavy atom. The summed E-state index contributed by atoms with van der Waals surface area (Å²) < 4.78 is 12.1. The summed E-state index contributed by atoms with van der Waals surface area (Å²) >= 11 is 0. The normalized spacial score (nSPS) is 19.9. The summed E-state index contributed by atoms with van der Waals surface area (Å²) in [6, 6.07) is 14.7. The van der Waals surface area contributed by atoms with Crippen LogP contribution < -0.4 is 16.4 Å². The Morgan fingerprint density at radius 3 is 2.82 bits per heavy atom. The topological polar surface area (TPSA) is 130 Å². The Morgan fingerprint density at radius 2 is 2.06 bits per heavy atom. The number of hydrogen-bond acceptors (Lipinski definition) is 7. The van der Waals surface area contributed by atoms with Gasteiger partial charge in [-0.3, -0.25) is 9.36 Å². The van der Waals surface area contributed by atoms with Crippen molar-refractivity contribution in [3.05, 3.63) is 58.6 Å². The molecule has 0 saturated carbocycles. The number of benzene rings is 2. The first-order valence-electron chi connectivity index (χ1n) is 10.8. The Labute approximate surface area is 190 Å². The summed E-state index contributed by atoms with van der Waals surface area (Å²) in [5.41, 5.74) is 4.04. The molecule has 3 unspecified atom stereocenters. The molecular formula is C24H26N4O5. The number of carbonyl (C=O) groups excluding carboxylic acids is 1. The zero-order valence-corrected chi connectivity index (χ0v) is 18.3. The fraction of sp³-hybridized carbons (Fsp3) is 0.375. The van der Waals surface area contributed by atoms with Gasteiger partial charge in [0.1, 0.15) is 12.1 Å². The molecule has 1 aromatic heterocycles. The molecule has 4 rings (SSSR count). The Hall–Kier alpha value is -3.45. The van der Waals surface area contributed by atoms with Gasteiger partial charge < -0.3 is 24.9 Å². The molecule has 0 radical (unpaired) electrons. The minimum atomic E-state index is -0.757. The molecule has 0 spiro atoms. The van der Waals surface area contributed by atoms with E-state index in [4.69, 9.17) is 9.15 Å². The number of aliphatic hydroxyl groups excluding tert-OH is 1. The monoisotopic (exact) mass is 450 g/mol. The van der Waals surface area contributed by atoms with E-state index >= 15 is 0 Å². The largest absolute Gasteiger partial charge is 0.419 e. The lowest BCUT2D eigenvalue weighted by Crippen LogP contribution is -2.49. The zero-order valence-electron chi connectivity index (χ0n) is 18.3. The van der Waals surface area contributed by atoms with E-state index in [1.54, 1.807) is 13.1 Å². The number of nitrogens with zero attached hydrogens (tertiary/aromatic N) is 2. The first-order valence-corrected chi connectivity index (χ1v) is 10.8. The number of ether oxygens (including phenoxy) is 1. The van der Waals surface area contributed by atoms with Crippen LogP contribution in [-0.2, 0) is 23.0 Å². The van der Waals surface area contributed by atoms with Crippen LogP contribution in [-0.4, -0.2) is 53.5 Å². The zero-order chi connectivity index (χ0) is 23.4. The number of carbonyl (C=O) groups is 1. The van der Waals surface area contributed by atoms with Gasteiger partial charge in [-0.1, -0.05) is 30.3 Å². The number of aryl methyl sites for hydroxylation is 1. The highest BCUT2D eigenvalue weighted by atomic mass is 16.5. The van der Waals surface area contributed by atoms with E-state index < -0.39 is 24.0 Å².